The molecule has 0 saturated carbocycles. The van der Waals surface area contributed by atoms with Gasteiger partial charge in [0.1, 0.15) is 36.7 Å². The van der Waals surface area contributed by atoms with E-state index in [2.05, 4.69) is 20.0 Å². The van der Waals surface area contributed by atoms with Gasteiger partial charge in [0.05, 0.1) is 0 Å². The van der Waals surface area contributed by atoms with Crippen molar-refractivity contribution in [3.63, 3.8) is 0 Å². The van der Waals surface area contributed by atoms with Crippen LogP contribution in [0.1, 0.15) is 0 Å². The van der Waals surface area contributed by atoms with Crippen molar-refractivity contribution < 1.29 is 37.7 Å². The first kappa shape index (κ1) is 30.6. The van der Waals surface area contributed by atoms with Crippen molar-refractivity contribution in [3.05, 3.63) is 152 Å². The maximum atomic E-state index is 13.7. The molecule has 3 aromatic carbocycles. The molecule has 3 heterocycles. The number of imidazole rings is 2. The molecule has 0 aliphatic heterocycles. The number of aryl methyl sites for hydroxylation is 2. The standard InChI is InChI=1S/C20H20BF2N4.C11H6F2N.Ir/c1-24-11-13-26(15-24)21(27-14-12-25(2)16-27,17-3-7-19(22)8-4-17)18-5-9-20(23)10-6-18;12-8-4-5-9(10(13)7-8)11-3-1-2-6-14-11;/h3-16H,1-2H3;1-4,6-7H;/q+1;-1;. The zero-order valence-corrected chi connectivity index (χ0v) is 25.1. The Hall–Kier alpha value is -4.34. The van der Waals surface area contributed by atoms with Gasteiger partial charge < -0.3 is 13.9 Å². The van der Waals surface area contributed by atoms with Crippen LogP contribution in [0, 0.1) is 29.3 Å². The Balaban J connectivity index is 0.000000228. The molecular formula is C31H26BF4IrN5. The minimum Gasteiger partial charge on any atom is -0.366 e. The molecule has 0 spiro atoms. The Bertz CT molecular complexity index is 1670. The maximum Gasteiger partial charge on any atom is 0.302 e. The minimum atomic E-state index is -1.74. The van der Waals surface area contributed by atoms with Crippen LogP contribution < -0.4 is 10.9 Å². The van der Waals surface area contributed by atoms with Crippen LogP contribution in [0.15, 0.2) is 123 Å². The van der Waals surface area contributed by atoms with E-state index in [4.69, 9.17) is 0 Å². The molecule has 0 bridgehead atoms. The fourth-order valence-electron chi connectivity index (χ4n) is 5.03. The SMILES string of the molecule is Cn1ccn([B-](c2ccc(F)cc2)(c2ccc(F)cc2)n2ccn(C)[cH+]2)[cH+]1.Fc1c[c-]c(-c2ccccn2)c(F)c1.[Ir]. The zero-order chi connectivity index (χ0) is 29.0. The molecule has 0 amide bonds. The summed E-state index contributed by atoms with van der Waals surface area (Å²) in [6.45, 7) is 0. The summed E-state index contributed by atoms with van der Waals surface area (Å²) in [5, 5.41) is 0. The molecule has 0 N–H and O–H groups in total. The molecule has 0 unspecified atom stereocenters. The van der Waals surface area contributed by atoms with Gasteiger partial charge in [0.2, 0.25) is 0 Å². The summed E-state index contributed by atoms with van der Waals surface area (Å²) in [6, 6.07) is 22.5. The number of pyridine rings is 1. The van der Waals surface area contributed by atoms with Crippen molar-refractivity contribution >= 4 is 17.3 Å². The molecule has 0 aliphatic carbocycles. The summed E-state index contributed by atoms with van der Waals surface area (Å²) in [5.41, 5.74) is 2.46. The van der Waals surface area contributed by atoms with E-state index in [-0.39, 0.29) is 37.3 Å². The Kier molecular flexibility index (Phi) is 9.55. The fraction of sp³-hybridized carbons (Fsp3) is 0.0645. The number of hydrogen-bond acceptors (Lipinski definition) is 1. The van der Waals surface area contributed by atoms with E-state index in [1.165, 1.54) is 24.3 Å². The molecular weight excluding hydrogens is 721 g/mol. The molecule has 3 aromatic heterocycles. The topological polar surface area (TPSA) is 32.6 Å². The van der Waals surface area contributed by atoms with E-state index in [0.717, 1.165) is 23.1 Å². The van der Waals surface area contributed by atoms with Gasteiger partial charge >= 0.3 is 6.42 Å². The number of nitrogens with zero attached hydrogens (tertiary/aromatic N) is 5. The summed E-state index contributed by atoms with van der Waals surface area (Å²) in [4.78, 5) is 3.95. The Morgan fingerprint density at radius 1 is 0.690 bits per heavy atom. The predicted octanol–water partition coefficient (Wildman–Crippen LogP) is 5.28. The monoisotopic (exact) mass is 748 g/mol. The minimum absolute atomic E-state index is 0. The van der Waals surface area contributed by atoms with Gasteiger partial charge in [0.25, 0.3) is 0 Å². The third-order valence-electron chi connectivity index (χ3n) is 6.89. The fourth-order valence-corrected chi connectivity index (χ4v) is 5.03. The number of halogens is 4. The van der Waals surface area contributed by atoms with Crippen molar-refractivity contribution in [2.45, 2.75) is 0 Å². The summed E-state index contributed by atoms with van der Waals surface area (Å²) in [6.07, 6.45) is 11.6. The van der Waals surface area contributed by atoms with Gasteiger partial charge in [-0.15, -0.1) is 12.1 Å². The normalized spacial score (nSPS) is 10.9. The van der Waals surface area contributed by atoms with Crippen molar-refractivity contribution in [3.8, 4) is 11.3 Å². The molecule has 42 heavy (non-hydrogen) atoms. The Morgan fingerprint density at radius 3 is 1.62 bits per heavy atom. The van der Waals surface area contributed by atoms with Crippen molar-refractivity contribution in [1.82, 2.24) is 23.1 Å². The number of rotatable bonds is 5. The quantitative estimate of drug-likeness (QED) is 0.134. The van der Waals surface area contributed by atoms with Crippen LogP contribution in [0.25, 0.3) is 11.3 Å². The molecule has 1 radical (unpaired) electrons. The summed E-state index contributed by atoms with van der Waals surface area (Å²) < 4.78 is 61.3. The summed E-state index contributed by atoms with van der Waals surface area (Å²) in [5.74, 6) is -1.87. The number of benzene rings is 3. The molecule has 11 heteroatoms. The Labute approximate surface area is 254 Å². The van der Waals surface area contributed by atoms with Gasteiger partial charge in [-0.25, -0.2) is 17.9 Å². The van der Waals surface area contributed by atoms with E-state index in [9.17, 15) is 17.6 Å². The second-order valence-electron chi connectivity index (χ2n) is 9.69. The van der Waals surface area contributed by atoms with Crippen LogP contribution in [0.4, 0.5) is 17.6 Å². The van der Waals surface area contributed by atoms with Crippen LogP contribution >= 0.6 is 0 Å². The van der Waals surface area contributed by atoms with E-state index >= 15 is 0 Å². The number of hydrogen-bond donors (Lipinski definition) is 0. The maximum absolute atomic E-state index is 13.7. The smallest absolute Gasteiger partial charge is 0.302 e. The molecule has 0 fully saturated rings. The van der Waals surface area contributed by atoms with E-state index in [0.29, 0.717) is 5.69 Å². The first-order valence-electron chi connectivity index (χ1n) is 12.8. The molecule has 0 saturated heterocycles. The van der Waals surface area contributed by atoms with Crippen LogP contribution in [-0.2, 0) is 34.2 Å². The van der Waals surface area contributed by atoms with Crippen LogP contribution in [0.2, 0.25) is 0 Å². The van der Waals surface area contributed by atoms with Gasteiger partial charge in [-0.1, -0.05) is 48.0 Å². The van der Waals surface area contributed by atoms with Crippen LogP contribution in [0.3, 0.4) is 0 Å². The van der Waals surface area contributed by atoms with Gasteiger partial charge in [-0.2, -0.15) is 10.9 Å². The molecule has 6 rings (SSSR count). The van der Waals surface area contributed by atoms with Gasteiger partial charge in [-0.05, 0) is 36.0 Å². The predicted molar refractivity (Wildman–Crippen MR) is 153 cm³/mol. The zero-order valence-electron chi connectivity index (χ0n) is 22.7. The average molecular weight is 748 g/mol. The number of aromatic nitrogens is 5. The first-order valence-corrected chi connectivity index (χ1v) is 12.8. The molecule has 5 nitrogen and oxygen atoms in total. The van der Waals surface area contributed by atoms with E-state index in [1.807, 2.05) is 60.7 Å². The summed E-state index contributed by atoms with van der Waals surface area (Å²) >= 11 is 0. The van der Waals surface area contributed by atoms with Crippen molar-refractivity contribution in [2.24, 2.45) is 14.1 Å². The van der Waals surface area contributed by atoms with E-state index < -0.39 is 18.1 Å². The Morgan fingerprint density at radius 2 is 1.21 bits per heavy atom. The molecule has 215 valence electrons. The van der Waals surface area contributed by atoms with Crippen molar-refractivity contribution in [1.29, 1.82) is 0 Å². The van der Waals surface area contributed by atoms with Crippen LogP contribution in [0.5, 0.6) is 0 Å². The largest absolute Gasteiger partial charge is 0.366 e. The van der Waals surface area contributed by atoms with E-state index in [1.54, 1.807) is 48.7 Å². The van der Waals surface area contributed by atoms with Crippen molar-refractivity contribution in [2.75, 3.05) is 0 Å². The van der Waals surface area contributed by atoms with Gasteiger partial charge in [0.15, 0.2) is 12.4 Å². The third-order valence-corrected chi connectivity index (χ3v) is 6.89. The summed E-state index contributed by atoms with van der Waals surface area (Å²) in [7, 11) is 3.89. The second-order valence-corrected chi connectivity index (χ2v) is 9.69. The second kappa shape index (κ2) is 13.1. The first-order chi connectivity index (χ1) is 19.8. The average Bonchev–Trinajstić information content (AvgIpc) is 3.60. The van der Waals surface area contributed by atoms with Gasteiger partial charge in [0, 0.05) is 52.0 Å². The molecule has 0 aliphatic rings. The van der Waals surface area contributed by atoms with Gasteiger partial charge in [-0.3, -0.25) is 8.78 Å². The third kappa shape index (κ3) is 6.27. The molecule has 6 aromatic rings. The van der Waals surface area contributed by atoms with Crippen LogP contribution in [-0.4, -0.2) is 29.5 Å². The molecule has 0 atom stereocenters.